The van der Waals surface area contributed by atoms with E-state index in [0.717, 1.165) is 6.54 Å². The van der Waals surface area contributed by atoms with Crippen molar-refractivity contribution in [1.82, 2.24) is 10.3 Å². The third kappa shape index (κ3) is 2.38. The molecule has 3 nitrogen and oxygen atoms in total. The lowest BCUT2D eigenvalue weighted by atomic mass is 10.1. The fraction of sp³-hybridized carbons (Fsp3) is 0.600. The first kappa shape index (κ1) is 12.0. The molecule has 1 fully saturated rings. The number of hydrazine groups is 1. The Labute approximate surface area is 110 Å². The lowest BCUT2D eigenvalue weighted by Gasteiger charge is -2.34. The van der Waals surface area contributed by atoms with Gasteiger partial charge in [0.1, 0.15) is 0 Å². The van der Waals surface area contributed by atoms with Crippen LogP contribution in [0.25, 0.3) is 0 Å². The van der Waals surface area contributed by atoms with Gasteiger partial charge in [0.2, 0.25) is 0 Å². The summed E-state index contributed by atoms with van der Waals surface area (Å²) in [5, 5.41) is 2.36. The van der Waals surface area contributed by atoms with Crippen LogP contribution in [0.2, 0.25) is 0 Å². The van der Waals surface area contributed by atoms with Gasteiger partial charge in [-0.05, 0) is 50.5 Å². The van der Waals surface area contributed by atoms with E-state index in [1.54, 1.807) is 0 Å². The van der Waals surface area contributed by atoms with Crippen molar-refractivity contribution in [2.45, 2.75) is 32.2 Å². The number of piperidine rings is 1. The molecular formula is C15H23N3. The van der Waals surface area contributed by atoms with Crippen molar-refractivity contribution in [2.75, 3.05) is 31.2 Å². The van der Waals surface area contributed by atoms with E-state index in [4.69, 9.17) is 0 Å². The fourth-order valence-electron chi connectivity index (χ4n) is 3.07. The summed E-state index contributed by atoms with van der Waals surface area (Å²) >= 11 is 0. The molecule has 3 heteroatoms. The molecule has 0 aromatic heterocycles. The number of nitrogens with zero attached hydrogens (tertiary/aromatic N) is 2. The predicted molar refractivity (Wildman–Crippen MR) is 75.8 cm³/mol. The van der Waals surface area contributed by atoms with Gasteiger partial charge in [-0.1, -0.05) is 25.1 Å². The summed E-state index contributed by atoms with van der Waals surface area (Å²) in [5.74, 6) is 0. The van der Waals surface area contributed by atoms with Gasteiger partial charge in [-0.15, -0.1) is 0 Å². The Bertz CT molecular complexity index is 396. The van der Waals surface area contributed by atoms with E-state index in [0.29, 0.717) is 6.04 Å². The lowest BCUT2D eigenvalue weighted by Crippen LogP contribution is -2.49. The second-order valence-corrected chi connectivity index (χ2v) is 5.37. The summed E-state index contributed by atoms with van der Waals surface area (Å²) in [6.45, 7) is 7.05. The fourth-order valence-corrected chi connectivity index (χ4v) is 3.07. The number of anilines is 1. The Morgan fingerprint density at radius 3 is 2.72 bits per heavy atom. The molecule has 2 aliphatic rings. The van der Waals surface area contributed by atoms with Crippen molar-refractivity contribution in [3.8, 4) is 0 Å². The van der Waals surface area contributed by atoms with Crippen LogP contribution >= 0.6 is 0 Å². The first-order chi connectivity index (χ1) is 8.86. The minimum Gasteiger partial charge on any atom is -0.308 e. The zero-order valence-corrected chi connectivity index (χ0v) is 11.2. The highest BCUT2D eigenvalue weighted by Crippen LogP contribution is 2.26. The number of benzene rings is 1. The zero-order chi connectivity index (χ0) is 12.4. The molecule has 1 aromatic carbocycles. The minimum absolute atomic E-state index is 0.652. The SMILES string of the molecule is CCN1CCC(NN2CCc3ccccc32)CC1. The number of hydrogen-bond donors (Lipinski definition) is 1. The molecule has 3 rings (SSSR count). The van der Waals surface area contributed by atoms with Crippen LogP contribution < -0.4 is 10.4 Å². The molecule has 1 N–H and O–H groups in total. The summed E-state index contributed by atoms with van der Waals surface area (Å²) in [6.07, 6.45) is 3.72. The third-order valence-electron chi connectivity index (χ3n) is 4.26. The minimum atomic E-state index is 0.652. The number of rotatable bonds is 3. The first-order valence-electron chi connectivity index (χ1n) is 7.21. The van der Waals surface area contributed by atoms with Crippen LogP contribution in [0.4, 0.5) is 5.69 Å². The molecule has 0 radical (unpaired) electrons. The average molecular weight is 245 g/mol. The maximum atomic E-state index is 3.73. The number of para-hydroxylation sites is 1. The molecular weight excluding hydrogens is 222 g/mol. The Balaban J connectivity index is 1.59. The second-order valence-electron chi connectivity index (χ2n) is 5.37. The Morgan fingerprint density at radius 2 is 1.94 bits per heavy atom. The Kier molecular flexibility index (Phi) is 3.52. The van der Waals surface area contributed by atoms with E-state index >= 15 is 0 Å². The highest BCUT2D eigenvalue weighted by Gasteiger charge is 2.23. The largest absolute Gasteiger partial charge is 0.308 e. The molecule has 2 heterocycles. The molecule has 18 heavy (non-hydrogen) atoms. The van der Waals surface area contributed by atoms with Crippen LogP contribution in [-0.4, -0.2) is 37.1 Å². The van der Waals surface area contributed by atoms with Crippen LogP contribution in [0, 0.1) is 0 Å². The van der Waals surface area contributed by atoms with Gasteiger partial charge in [0, 0.05) is 12.6 Å². The van der Waals surface area contributed by atoms with Gasteiger partial charge >= 0.3 is 0 Å². The molecule has 0 aliphatic carbocycles. The summed E-state index contributed by atoms with van der Waals surface area (Å²) in [6, 6.07) is 9.41. The summed E-state index contributed by atoms with van der Waals surface area (Å²) in [7, 11) is 0. The topological polar surface area (TPSA) is 18.5 Å². The van der Waals surface area contributed by atoms with E-state index in [1.807, 2.05) is 0 Å². The smallest absolute Gasteiger partial charge is 0.0552 e. The molecule has 0 atom stereocenters. The van der Waals surface area contributed by atoms with Gasteiger partial charge in [-0.2, -0.15) is 0 Å². The molecule has 0 spiro atoms. The van der Waals surface area contributed by atoms with Crippen LogP contribution in [0.1, 0.15) is 25.3 Å². The number of fused-ring (bicyclic) bond motifs is 1. The number of likely N-dealkylation sites (tertiary alicyclic amines) is 1. The molecule has 0 saturated carbocycles. The summed E-state index contributed by atoms with van der Waals surface area (Å²) in [5.41, 5.74) is 6.59. The van der Waals surface area contributed by atoms with Gasteiger partial charge in [0.25, 0.3) is 0 Å². The molecule has 0 amide bonds. The van der Waals surface area contributed by atoms with Crippen molar-refractivity contribution in [1.29, 1.82) is 0 Å². The van der Waals surface area contributed by atoms with Crippen LogP contribution in [0.5, 0.6) is 0 Å². The second kappa shape index (κ2) is 5.29. The zero-order valence-electron chi connectivity index (χ0n) is 11.2. The lowest BCUT2D eigenvalue weighted by molar-refractivity contribution is 0.205. The van der Waals surface area contributed by atoms with Crippen molar-refractivity contribution in [3.63, 3.8) is 0 Å². The molecule has 0 unspecified atom stereocenters. The Morgan fingerprint density at radius 1 is 1.17 bits per heavy atom. The van der Waals surface area contributed by atoms with E-state index in [-0.39, 0.29) is 0 Å². The summed E-state index contributed by atoms with van der Waals surface area (Å²) < 4.78 is 0. The highest BCUT2D eigenvalue weighted by molar-refractivity contribution is 5.56. The molecule has 1 saturated heterocycles. The monoisotopic (exact) mass is 245 g/mol. The first-order valence-corrected chi connectivity index (χ1v) is 7.21. The molecule has 98 valence electrons. The van der Waals surface area contributed by atoms with Gasteiger partial charge in [-0.25, -0.2) is 5.43 Å². The van der Waals surface area contributed by atoms with Crippen molar-refractivity contribution >= 4 is 5.69 Å². The summed E-state index contributed by atoms with van der Waals surface area (Å²) in [4.78, 5) is 2.54. The quantitative estimate of drug-likeness (QED) is 0.879. The number of nitrogens with one attached hydrogen (secondary N) is 1. The average Bonchev–Trinajstić information content (AvgIpc) is 2.83. The standard InChI is InChI=1S/C15H23N3/c1-2-17-10-8-14(9-11-17)16-18-12-7-13-5-3-4-6-15(13)18/h3-6,14,16H,2,7-12H2,1H3. The molecule has 1 aromatic rings. The van der Waals surface area contributed by atoms with Gasteiger partial charge < -0.3 is 9.91 Å². The number of hydrogen-bond acceptors (Lipinski definition) is 3. The third-order valence-corrected chi connectivity index (χ3v) is 4.26. The maximum Gasteiger partial charge on any atom is 0.0552 e. The van der Waals surface area contributed by atoms with E-state index in [1.165, 1.54) is 50.1 Å². The van der Waals surface area contributed by atoms with E-state index in [9.17, 15) is 0 Å². The maximum absolute atomic E-state index is 3.73. The van der Waals surface area contributed by atoms with Gasteiger partial charge in [0.15, 0.2) is 0 Å². The van der Waals surface area contributed by atoms with Crippen molar-refractivity contribution in [2.24, 2.45) is 0 Å². The van der Waals surface area contributed by atoms with E-state index in [2.05, 4.69) is 46.5 Å². The van der Waals surface area contributed by atoms with Crippen molar-refractivity contribution < 1.29 is 0 Å². The van der Waals surface area contributed by atoms with Crippen LogP contribution in [-0.2, 0) is 6.42 Å². The molecule has 0 bridgehead atoms. The Hall–Kier alpha value is -1.06. The molecule has 2 aliphatic heterocycles. The predicted octanol–water partition coefficient (Wildman–Crippen LogP) is 2.04. The highest BCUT2D eigenvalue weighted by atomic mass is 15.5. The normalized spacial score (nSPS) is 21.3. The van der Waals surface area contributed by atoms with Gasteiger partial charge in [0.05, 0.1) is 5.69 Å². The van der Waals surface area contributed by atoms with E-state index < -0.39 is 0 Å². The van der Waals surface area contributed by atoms with Crippen LogP contribution in [0.3, 0.4) is 0 Å². The van der Waals surface area contributed by atoms with Crippen LogP contribution in [0.15, 0.2) is 24.3 Å². The van der Waals surface area contributed by atoms with Crippen molar-refractivity contribution in [3.05, 3.63) is 29.8 Å². The van der Waals surface area contributed by atoms with Gasteiger partial charge in [-0.3, -0.25) is 0 Å².